The van der Waals surface area contributed by atoms with Crippen molar-refractivity contribution in [2.24, 2.45) is 0 Å². The highest BCUT2D eigenvalue weighted by atomic mass is 16.5. The molecule has 0 unspecified atom stereocenters. The summed E-state index contributed by atoms with van der Waals surface area (Å²) in [5, 5.41) is 217. The highest BCUT2D eigenvalue weighted by molar-refractivity contribution is 5.75. The summed E-state index contributed by atoms with van der Waals surface area (Å²) in [7, 11) is 0. The standard InChI is InChI=1S/C6H10O8.C6H12O7.C6H10O7.C6H10O6.C6H12O5/c7-1(3(9)5(11)12)2(8)4(10)6(13)14;2*7-1-2(8)3(9)4(10)5(11)6(12)13;7-1-3(9)5(11)6(12)4(10)2-8;1-3(8)5(10)6(11)4(9)2-7/h1-4,7-10H,(H,11,12)(H,13,14);2-5,7-11H,1H2,(H,12,13);1-5,8-11H,(H,12,13);1-6,9-12H;2-6,8-11H,1H3/t1-,2-,3-,4+;2*2-,3-,4+,5-;2*3-,4+,5-,6-/m01111/s1. The van der Waals surface area contributed by atoms with Crippen LogP contribution in [0.1, 0.15) is 6.92 Å². The molecule has 0 heterocycles. The Hall–Kier alpha value is -4.28. The molecule has 20 atom stereocenters. The molecular weight excluding hydrogens is 888 g/mol. The second-order valence-corrected chi connectivity index (χ2v) is 12.0. The van der Waals surface area contributed by atoms with Crippen LogP contribution in [0.25, 0.3) is 0 Å². The van der Waals surface area contributed by atoms with E-state index in [1.807, 2.05) is 0 Å². The van der Waals surface area contributed by atoms with Crippen molar-refractivity contribution in [3.8, 4) is 0 Å². The molecule has 0 aromatic heterocycles. The molecule has 0 aliphatic rings. The van der Waals surface area contributed by atoms with Gasteiger partial charge < -0.3 is 147 Å². The van der Waals surface area contributed by atoms with E-state index in [0.717, 1.165) is 0 Å². The van der Waals surface area contributed by atoms with Crippen molar-refractivity contribution < 1.29 is 166 Å². The predicted molar refractivity (Wildman–Crippen MR) is 188 cm³/mol. The molecule has 0 saturated heterocycles. The van der Waals surface area contributed by atoms with Crippen LogP contribution < -0.4 is 0 Å². The monoisotopic (exact) mass is 942 g/mol. The number of aliphatic carboxylic acids is 4. The van der Waals surface area contributed by atoms with Crippen molar-refractivity contribution in [3.63, 3.8) is 0 Å². The lowest BCUT2D eigenvalue weighted by molar-refractivity contribution is -0.172. The molecule has 372 valence electrons. The Labute approximate surface area is 350 Å². The number of carboxylic acid groups (broad SMARTS) is 4. The van der Waals surface area contributed by atoms with Gasteiger partial charge in [0.15, 0.2) is 49.6 Å². The van der Waals surface area contributed by atoms with Crippen molar-refractivity contribution in [2.45, 2.75) is 129 Å². The first-order chi connectivity index (χ1) is 28.7. The molecule has 0 radical (unpaired) electrons. The minimum Gasteiger partial charge on any atom is -0.479 e. The molecule has 0 amide bonds. The predicted octanol–water partition coefficient (Wildman–Crippen LogP) is -15.7. The fraction of sp³-hybridized carbons (Fsp3) is 0.733. The summed E-state index contributed by atoms with van der Waals surface area (Å²) in [6.45, 7) is 0.399. The lowest BCUT2D eigenvalue weighted by Crippen LogP contribution is -2.49. The van der Waals surface area contributed by atoms with Crippen molar-refractivity contribution in [3.05, 3.63) is 0 Å². The van der Waals surface area contributed by atoms with Gasteiger partial charge in [0.05, 0.1) is 12.7 Å². The fourth-order valence-corrected chi connectivity index (χ4v) is 3.08. The van der Waals surface area contributed by atoms with Gasteiger partial charge >= 0.3 is 23.9 Å². The van der Waals surface area contributed by atoms with Crippen LogP contribution in [0.5, 0.6) is 0 Å². The fourth-order valence-electron chi connectivity index (χ4n) is 3.08. The highest BCUT2D eigenvalue weighted by Gasteiger charge is 2.38. The average molecular weight is 943 g/mol. The molecule has 0 fully saturated rings. The number of carbonyl (C=O) groups is 8. The topological polar surface area (TPSA) is 642 Å². The minimum atomic E-state index is -2.36. The van der Waals surface area contributed by atoms with E-state index in [-0.39, 0.29) is 25.1 Å². The van der Waals surface area contributed by atoms with Crippen LogP contribution in [0.4, 0.5) is 0 Å². The van der Waals surface area contributed by atoms with E-state index in [2.05, 4.69) is 0 Å². The second-order valence-electron chi connectivity index (χ2n) is 12.0. The summed E-state index contributed by atoms with van der Waals surface area (Å²) in [5.74, 6) is -7.16. The van der Waals surface area contributed by atoms with Gasteiger partial charge in [-0.2, -0.15) is 0 Å². The maximum atomic E-state index is 10.1. The smallest absolute Gasteiger partial charge is 0.335 e. The molecular formula is C30H54O33. The number of aliphatic hydroxyl groups is 21. The molecule has 33 heteroatoms. The van der Waals surface area contributed by atoms with Crippen LogP contribution in [-0.2, 0) is 38.4 Å². The lowest BCUT2D eigenvalue weighted by Gasteiger charge is -2.23. The molecule has 0 rings (SSSR count). The van der Waals surface area contributed by atoms with Crippen molar-refractivity contribution in [1.29, 1.82) is 0 Å². The van der Waals surface area contributed by atoms with Crippen LogP contribution in [0.15, 0.2) is 0 Å². The van der Waals surface area contributed by atoms with Gasteiger partial charge in [0.25, 0.3) is 0 Å². The molecule has 33 nitrogen and oxygen atoms in total. The quantitative estimate of drug-likeness (QED) is 0.0400. The summed E-state index contributed by atoms with van der Waals surface area (Å²) in [6.07, 6.45) is -38.7. The van der Waals surface area contributed by atoms with Gasteiger partial charge in [0.1, 0.15) is 91.6 Å². The summed E-state index contributed by atoms with van der Waals surface area (Å²) >= 11 is 0. The molecule has 0 aromatic rings. The third kappa shape index (κ3) is 26.8. The lowest BCUT2D eigenvalue weighted by atomic mass is 10.0. The van der Waals surface area contributed by atoms with Crippen LogP contribution >= 0.6 is 0 Å². The molecule has 0 aromatic carbocycles. The largest absolute Gasteiger partial charge is 0.479 e. The van der Waals surface area contributed by atoms with Gasteiger partial charge in [-0.15, -0.1) is 0 Å². The maximum absolute atomic E-state index is 10.1. The maximum Gasteiger partial charge on any atom is 0.335 e. The van der Waals surface area contributed by atoms with E-state index >= 15 is 0 Å². The van der Waals surface area contributed by atoms with E-state index < -0.39 is 153 Å². The third-order valence-electron chi connectivity index (χ3n) is 7.09. The molecule has 0 spiro atoms. The first kappa shape index (κ1) is 67.8. The summed E-state index contributed by atoms with van der Waals surface area (Å²) in [4.78, 5) is 79.8. The second kappa shape index (κ2) is 35.1. The van der Waals surface area contributed by atoms with E-state index in [1.165, 1.54) is 6.92 Å². The number of hydrogen-bond donors (Lipinski definition) is 25. The number of aldehydes is 4. The van der Waals surface area contributed by atoms with Crippen molar-refractivity contribution in [1.82, 2.24) is 0 Å². The Balaban J connectivity index is -0.000000223. The molecule has 0 bridgehead atoms. The molecule has 25 N–H and O–H groups in total. The van der Waals surface area contributed by atoms with E-state index in [9.17, 15) is 38.4 Å². The van der Waals surface area contributed by atoms with Gasteiger partial charge in [-0.1, -0.05) is 0 Å². The highest BCUT2D eigenvalue weighted by Crippen LogP contribution is 2.07. The number of aliphatic hydroxyl groups excluding tert-OH is 21. The number of carbonyl (C=O) groups excluding carboxylic acids is 4. The van der Waals surface area contributed by atoms with Gasteiger partial charge in [-0.05, 0) is 6.92 Å². The molecule has 0 aliphatic heterocycles. The van der Waals surface area contributed by atoms with Crippen LogP contribution in [-0.4, -0.2) is 305 Å². The van der Waals surface area contributed by atoms with Crippen LogP contribution in [0.2, 0.25) is 0 Å². The first-order valence-electron chi connectivity index (χ1n) is 16.6. The van der Waals surface area contributed by atoms with Crippen molar-refractivity contribution in [2.75, 3.05) is 6.61 Å². The normalized spacial score (nSPS) is 20.4. The Morgan fingerprint density at radius 2 is 0.508 bits per heavy atom. The van der Waals surface area contributed by atoms with Crippen LogP contribution in [0, 0.1) is 0 Å². The molecule has 63 heavy (non-hydrogen) atoms. The average Bonchev–Trinajstić information content (AvgIpc) is 3.26. The summed E-state index contributed by atoms with van der Waals surface area (Å²) in [5.41, 5.74) is 0. The SMILES string of the molecule is C[C@@H](O)[C@@H](O)[C@H](O)[C@@H](O)C=O.O=C(O)[C@@H](O)[C@@H](O)[C@H](O)[C@@H](O)C(=O)O.O=C(O)[C@H](O)[C@@H](O)[C@H](O)[C@H](O)CO.O=C[C@@H](O)[C@@H](O)[C@H](O)[C@@H](O)C(=O)O.O=C[C@@H](O)[C@@H](O)[C@H](O)[C@@H](O)C=O. The number of hydrogen-bond acceptors (Lipinski definition) is 29. The Morgan fingerprint density at radius 1 is 0.333 bits per heavy atom. The molecule has 0 aliphatic carbocycles. The van der Waals surface area contributed by atoms with Gasteiger partial charge in [-0.3, -0.25) is 0 Å². The number of carboxylic acids is 4. The summed E-state index contributed by atoms with van der Waals surface area (Å²) < 4.78 is 0. The van der Waals surface area contributed by atoms with E-state index in [1.54, 1.807) is 0 Å². The molecule has 0 saturated carbocycles. The Morgan fingerprint density at radius 3 is 0.683 bits per heavy atom. The van der Waals surface area contributed by atoms with Gasteiger partial charge in [-0.25, -0.2) is 19.2 Å². The Kier molecular flexibility index (Phi) is 37.8. The van der Waals surface area contributed by atoms with E-state index in [0.29, 0.717) is 0 Å². The van der Waals surface area contributed by atoms with Gasteiger partial charge in [0.2, 0.25) is 0 Å². The van der Waals surface area contributed by atoms with Gasteiger partial charge in [0, 0.05) is 0 Å². The van der Waals surface area contributed by atoms with Crippen molar-refractivity contribution >= 4 is 49.0 Å². The number of rotatable bonds is 24. The zero-order valence-electron chi connectivity index (χ0n) is 32.0. The third-order valence-corrected chi connectivity index (χ3v) is 7.09. The summed E-state index contributed by atoms with van der Waals surface area (Å²) in [6, 6.07) is 0. The Bertz CT molecular complexity index is 1280. The minimum absolute atomic E-state index is 0.00852. The van der Waals surface area contributed by atoms with E-state index in [4.69, 9.17) is 128 Å². The zero-order valence-corrected chi connectivity index (χ0v) is 32.0. The van der Waals surface area contributed by atoms with Crippen LogP contribution in [0.3, 0.4) is 0 Å². The first-order valence-corrected chi connectivity index (χ1v) is 16.6. The zero-order chi connectivity index (χ0) is 51.4.